The van der Waals surface area contributed by atoms with Crippen LogP contribution in [0.5, 0.6) is 0 Å². The van der Waals surface area contributed by atoms with Gasteiger partial charge in [0.2, 0.25) is 0 Å². The van der Waals surface area contributed by atoms with E-state index in [1.165, 1.54) is 35.1 Å². The molecule has 0 fully saturated rings. The zero-order valence-electron chi connectivity index (χ0n) is 17.5. The maximum Gasteiger partial charge on any atom is 0.349 e. The molecular weight excluding hydrogens is 468 g/mol. The summed E-state index contributed by atoms with van der Waals surface area (Å²) in [5.74, 6) is -1.70. The van der Waals surface area contributed by atoms with Gasteiger partial charge < -0.3 is 14.5 Å². The topological polar surface area (TPSA) is 147 Å². The summed E-state index contributed by atoms with van der Waals surface area (Å²) in [6.45, 7) is 1.71. The SMILES string of the molecule is CCOC(=O)c1cnn(-c2ccc(Cl)cc2)c1NC(=O)c1cc2cc([N+](=O)[O-])ccc2oc1=O. The first kappa shape index (κ1) is 22.7. The molecule has 4 rings (SSSR count). The van der Waals surface area contributed by atoms with E-state index in [1.807, 2.05) is 0 Å². The van der Waals surface area contributed by atoms with Gasteiger partial charge in [-0.15, -0.1) is 0 Å². The Bertz CT molecular complexity index is 1490. The summed E-state index contributed by atoms with van der Waals surface area (Å²) in [6.07, 6.45) is 1.22. The highest BCUT2D eigenvalue weighted by molar-refractivity contribution is 6.30. The van der Waals surface area contributed by atoms with Gasteiger partial charge in [-0.05, 0) is 43.3 Å². The Morgan fingerprint density at radius 2 is 1.91 bits per heavy atom. The van der Waals surface area contributed by atoms with E-state index in [-0.39, 0.29) is 34.6 Å². The van der Waals surface area contributed by atoms with Crippen molar-refractivity contribution in [2.75, 3.05) is 11.9 Å². The lowest BCUT2D eigenvalue weighted by Crippen LogP contribution is -2.23. The molecule has 1 N–H and O–H groups in total. The molecule has 34 heavy (non-hydrogen) atoms. The fourth-order valence-electron chi connectivity index (χ4n) is 3.16. The lowest BCUT2D eigenvalue weighted by molar-refractivity contribution is -0.384. The van der Waals surface area contributed by atoms with Gasteiger partial charge >= 0.3 is 11.6 Å². The molecule has 172 valence electrons. The van der Waals surface area contributed by atoms with Gasteiger partial charge in [-0.3, -0.25) is 14.9 Å². The average molecular weight is 483 g/mol. The minimum absolute atomic E-state index is 0.0500. The van der Waals surface area contributed by atoms with Crippen LogP contribution in [0.3, 0.4) is 0 Å². The Morgan fingerprint density at radius 1 is 1.18 bits per heavy atom. The molecule has 11 nitrogen and oxygen atoms in total. The molecular formula is C22H15ClN4O7. The van der Waals surface area contributed by atoms with E-state index >= 15 is 0 Å². The van der Waals surface area contributed by atoms with Crippen molar-refractivity contribution in [3.05, 3.63) is 91.4 Å². The molecule has 2 aromatic carbocycles. The third-order valence-corrected chi connectivity index (χ3v) is 4.99. The number of nitrogens with zero attached hydrogens (tertiary/aromatic N) is 3. The maximum atomic E-state index is 13.0. The number of fused-ring (bicyclic) bond motifs is 1. The number of benzene rings is 2. The molecule has 0 unspecified atom stereocenters. The number of carbonyl (C=O) groups excluding carboxylic acids is 2. The third-order valence-electron chi connectivity index (χ3n) is 4.74. The third kappa shape index (κ3) is 4.36. The number of nitro groups is 1. The molecule has 0 atom stereocenters. The molecule has 2 heterocycles. The number of nitro benzene ring substituents is 1. The lowest BCUT2D eigenvalue weighted by atomic mass is 10.1. The van der Waals surface area contributed by atoms with Crippen LogP contribution in [0.15, 0.2) is 63.9 Å². The summed E-state index contributed by atoms with van der Waals surface area (Å²) < 4.78 is 11.4. The van der Waals surface area contributed by atoms with Crippen molar-refractivity contribution < 1.29 is 23.7 Å². The molecule has 12 heteroatoms. The first-order valence-corrected chi connectivity index (χ1v) is 10.2. The van der Waals surface area contributed by atoms with Crippen molar-refractivity contribution in [3.8, 4) is 5.69 Å². The first-order chi connectivity index (χ1) is 16.3. The van der Waals surface area contributed by atoms with Crippen molar-refractivity contribution in [1.29, 1.82) is 0 Å². The fraction of sp³-hybridized carbons (Fsp3) is 0.0909. The van der Waals surface area contributed by atoms with Crippen molar-refractivity contribution in [1.82, 2.24) is 9.78 Å². The first-order valence-electron chi connectivity index (χ1n) is 9.83. The maximum absolute atomic E-state index is 13.0. The molecule has 0 spiro atoms. The lowest BCUT2D eigenvalue weighted by Gasteiger charge is -2.11. The molecule has 0 saturated carbocycles. The van der Waals surface area contributed by atoms with Crippen LogP contribution < -0.4 is 10.9 Å². The number of hydrogen-bond acceptors (Lipinski definition) is 8. The summed E-state index contributed by atoms with van der Waals surface area (Å²) in [7, 11) is 0. The zero-order valence-corrected chi connectivity index (χ0v) is 18.2. The van der Waals surface area contributed by atoms with Gasteiger partial charge in [0.15, 0.2) is 5.82 Å². The van der Waals surface area contributed by atoms with Crippen LogP contribution in [-0.4, -0.2) is 33.2 Å². The van der Waals surface area contributed by atoms with Gasteiger partial charge in [0, 0.05) is 22.5 Å². The predicted octanol–water partition coefficient (Wildman–Crippen LogP) is 3.97. The van der Waals surface area contributed by atoms with Crippen molar-refractivity contribution in [2.24, 2.45) is 0 Å². The molecule has 0 saturated heterocycles. The number of hydrogen-bond donors (Lipinski definition) is 1. The van der Waals surface area contributed by atoms with Crippen molar-refractivity contribution >= 4 is 46.0 Å². The van der Waals surface area contributed by atoms with Crippen LogP contribution in [0.4, 0.5) is 11.5 Å². The van der Waals surface area contributed by atoms with Crippen LogP contribution in [-0.2, 0) is 4.74 Å². The standard InChI is InChI=1S/C22H15ClN4O7/c1-2-33-21(29)17-11-24-26(14-5-3-13(23)4-6-14)19(17)25-20(28)16-10-12-9-15(27(31)32)7-8-18(12)34-22(16)30/h3-11H,2H2,1H3,(H,25,28). The van der Waals surface area contributed by atoms with E-state index < -0.39 is 28.0 Å². The Hall–Kier alpha value is -4.51. The van der Waals surface area contributed by atoms with E-state index in [4.69, 9.17) is 20.8 Å². The van der Waals surface area contributed by atoms with E-state index in [2.05, 4.69) is 10.4 Å². The number of halogens is 1. The number of nitrogens with one attached hydrogen (secondary N) is 1. The average Bonchev–Trinajstić information content (AvgIpc) is 3.22. The molecule has 1 amide bonds. The summed E-state index contributed by atoms with van der Waals surface area (Å²) in [4.78, 5) is 48.4. The smallest absolute Gasteiger partial charge is 0.349 e. The van der Waals surface area contributed by atoms with Crippen LogP contribution in [0.25, 0.3) is 16.7 Å². The van der Waals surface area contributed by atoms with Gasteiger partial charge in [0.25, 0.3) is 11.6 Å². The highest BCUT2D eigenvalue weighted by atomic mass is 35.5. The van der Waals surface area contributed by atoms with Gasteiger partial charge in [-0.25, -0.2) is 14.3 Å². The molecule has 0 bridgehead atoms. The van der Waals surface area contributed by atoms with Gasteiger partial charge in [0.05, 0.1) is 23.4 Å². The molecule has 4 aromatic rings. The summed E-state index contributed by atoms with van der Waals surface area (Å²) >= 11 is 5.94. The van der Waals surface area contributed by atoms with Crippen molar-refractivity contribution in [3.63, 3.8) is 0 Å². The Balaban J connectivity index is 1.78. The Labute approximate surface area is 195 Å². The van der Waals surface area contributed by atoms with Crippen LogP contribution in [0.2, 0.25) is 5.02 Å². The molecule has 2 aromatic heterocycles. The van der Waals surface area contributed by atoms with E-state index in [9.17, 15) is 24.5 Å². The largest absolute Gasteiger partial charge is 0.462 e. The Morgan fingerprint density at radius 3 is 2.59 bits per heavy atom. The normalized spacial score (nSPS) is 10.8. The van der Waals surface area contributed by atoms with Gasteiger partial charge in [0.1, 0.15) is 16.7 Å². The van der Waals surface area contributed by atoms with E-state index in [0.717, 1.165) is 0 Å². The summed E-state index contributed by atoms with van der Waals surface area (Å²) in [5.41, 5.74) is -1.13. The second-order valence-corrected chi connectivity index (χ2v) is 7.33. The number of esters is 1. The second kappa shape index (κ2) is 9.16. The van der Waals surface area contributed by atoms with Crippen LogP contribution in [0.1, 0.15) is 27.6 Å². The number of aromatic nitrogens is 2. The molecule has 0 aliphatic carbocycles. The predicted molar refractivity (Wildman–Crippen MR) is 122 cm³/mol. The van der Waals surface area contributed by atoms with Gasteiger partial charge in [-0.2, -0.15) is 5.10 Å². The minimum Gasteiger partial charge on any atom is -0.462 e. The van der Waals surface area contributed by atoms with Crippen molar-refractivity contribution in [2.45, 2.75) is 6.92 Å². The summed E-state index contributed by atoms with van der Waals surface area (Å²) in [6, 6.07) is 11.2. The zero-order chi connectivity index (χ0) is 24.4. The number of carbonyl (C=O) groups is 2. The highest BCUT2D eigenvalue weighted by Gasteiger charge is 2.24. The Kier molecular flexibility index (Phi) is 6.11. The molecule has 0 aliphatic rings. The van der Waals surface area contributed by atoms with Crippen LogP contribution >= 0.6 is 11.6 Å². The number of anilines is 1. The fourth-order valence-corrected chi connectivity index (χ4v) is 3.29. The van der Waals surface area contributed by atoms with Crippen LogP contribution in [0, 0.1) is 10.1 Å². The number of rotatable bonds is 6. The highest BCUT2D eigenvalue weighted by Crippen LogP contribution is 2.24. The molecule has 0 radical (unpaired) electrons. The summed E-state index contributed by atoms with van der Waals surface area (Å²) in [5, 5.41) is 18.4. The minimum atomic E-state index is -0.964. The number of ether oxygens (including phenoxy) is 1. The number of amides is 1. The quantitative estimate of drug-likeness (QED) is 0.188. The monoisotopic (exact) mass is 482 g/mol. The van der Waals surface area contributed by atoms with E-state index in [0.29, 0.717) is 10.7 Å². The molecule has 0 aliphatic heterocycles. The number of non-ortho nitro benzene ring substituents is 1. The van der Waals surface area contributed by atoms with E-state index in [1.54, 1.807) is 31.2 Å². The second-order valence-electron chi connectivity index (χ2n) is 6.90. The van der Waals surface area contributed by atoms with Gasteiger partial charge in [-0.1, -0.05) is 11.6 Å².